The van der Waals surface area contributed by atoms with E-state index in [1.54, 1.807) is 26.3 Å². The lowest BCUT2D eigenvalue weighted by molar-refractivity contribution is -0.120. The van der Waals surface area contributed by atoms with Gasteiger partial charge in [0.25, 0.3) is 0 Å². The first-order valence-electron chi connectivity index (χ1n) is 4.29. The molecule has 4 nitrogen and oxygen atoms in total. The van der Waals surface area contributed by atoms with Crippen molar-refractivity contribution in [2.45, 2.75) is 6.04 Å². The average molecular weight is 194 g/mol. The van der Waals surface area contributed by atoms with Crippen molar-refractivity contribution in [2.75, 3.05) is 14.2 Å². The van der Waals surface area contributed by atoms with Gasteiger partial charge in [0.15, 0.2) is 0 Å². The van der Waals surface area contributed by atoms with Crippen molar-refractivity contribution in [3.8, 4) is 5.75 Å². The fraction of sp³-hybridized carbons (Fsp3) is 0.300. The highest BCUT2D eigenvalue weighted by Gasteiger charge is 2.14. The number of carbonyl (C=O) groups is 1. The third-order valence-electron chi connectivity index (χ3n) is 2.02. The van der Waals surface area contributed by atoms with E-state index in [1.807, 2.05) is 12.1 Å². The van der Waals surface area contributed by atoms with E-state index in [2.05, 4.69) is 5.32 Å². The number of nitrogens with two attached hydrogens (primary N) is 1. The molecule has 76 valence electrons. The number of primary amides is 1. The number of hydrogen-bond acceptors (Lipinski definition) is 3. The summed E-state index contributed by atoms with van der Waals surface area (Å²) in [6.45, 7) is 0. The van der Waals surface area contributed by atoms with Crippen LogP contribution in [0.5, 0.6) is 5.75 Å². The number of methoxy groups -OCH3 is 1. The maximum atomic E-state index is 11.0. The Morgan fingerprint density at radius 3 is 2.36 bits per heavy atom. The van der Waals surface area contributed by atoms with Gasteiger partial charge in [-0.1, -0.05) is 12.1 Å². The van der Waals surface area contributed by atoms with E-state index in [4.69, 9.17) is 10.5 Å². The molecular formula is C10H14N2O2. The molecule has 0 spiro atoms. The van der Waals surface area contributed by atoms with Crippen molar-refractivity contribution in [3.63, 3.8) is 0 Å². The quantitative estimate of drug-likeness (QED) is 0.731. The molecule has 1 atom stereocenters. The van der Waals surface area contributed by atoms with Gasteiger partial charge in [-0.2, -0.15) is 0 Å². The van der Waals surface area contributed by atoms with E-state index in [1.165, 1.54) is 0 Å². The first kappa shape index (κ1) is 10.5. The monoisotopic (exact) mass is 194 g/mol. The molecule has 4 heteroatoms. The van der Waals surface area contributed by atoms with Crippen molar-refractivity contribution in [1.82, 2.24) is 5.32 Å². The SMILES string of the molecule is CNC(C(N)=O)c1ccc(OC)cc1. The molecule has 1 aromatic rings. The molecule has 0 radical (unpaired) electrons. The maximum absolute atomic E-state index is 11.0. The zero-order valence-electron chi connectivity index (χ0n) is 8.28. The number of likely N-dealkylation sites (N-methyl/N-ethyl adjacent to an activating group) is 1. The highest BCUT2D eigenvalue weighted by Crippen LogP contribution is 2.16. The van der Waals surface area contributed by atoms with Gasteiger partial charge in [0, 0.05) is 0 Å². The van der Waals surface area contributed by atoms with Crippen molar-refractivity contribution in [3.05, 3.63) is 29.8 Å². The first-order chi connectivity index (χ1) is 6.69. The lowest BCUT2D eigenvalue weighted by atomic mass is 10.1. The van der Waals surface area contributed by atoms with Crippen LogP contribution >= 0.6 is 0 Å². The van der Waals surface area contributed by atoms with E-state index in [0.29, 0.717) is 0 Å². The number of rotatable bonds is 4. The number of nitrogens with one attached hydrogen (secondary N) is 1. The Morgan fingerprint density at radius 1 is 1.43 bits per heavy atom. The van der Waals surface area contributed by atoms with Crippen molar-refractivity contribution in [2.24, 2.45) is 5.73 Å². The molecule has 0 saturated carbocycles. The molecule has 0 fully saturated rings. The first-order valence-corrected chi connectivity index (χ1v) is 4.29. The van der Waals surface area contributed by atoms with Gasteiger partial charge in [0.1, 0.15) is 11.8 Å². The predicted octanol–water partition coefficient (Wildman–Crippen LogP) is 0.441. The lowest BCUT2D eigenvalue weighted by Gasteiger charge is -2.12. The van der Waals surface area contributed by atoms with E-state index in [9.17, 15) is 4.79 Å². The van der Waals surface area contributed by atoms with E-state index in [0.717, 1.165) is 11.3 Å². The summed E-state index contributed by atoms with van der Waals surface area (Å²) < 4.78 is 5.01. The zero-order valence-corrected chi connectivity index (χ0v) is 8.28. The molecule has 0 bridgehead atoms. The van der Waals surface area contributed by atoms with Crippen molar-refractivity contribution < 1.29 is 9.53 Å². The Morgan fingerprint density at radius 2 is 2.00 bits per heavy atom. The van der Waals surface area contributed by atoms with Crippen LogP contribution in [0.1, 0.15) is 11.6 Å². The number of ether oxygens (including phenoxy) is 1. The van der Waals surface area contributed by atoms with E-state index < -0.39 is 11.9 Å². The van der Waals surface area contributed by atoms with E-state index >= 15 is 0 Å². The van der Waals surface area contributed by atoms with Gasteiger partial charge in [-0.3, -0.25) is 4.79 Å². The topological polar surface area (TPSA) is 64.3 Å². The molecule has 0 aromatic heterocycles. The molecule has 3 N–H and O–H groups in total. The molecule has 0 aliphatic carbocycles. The average Bonchev–Trinajstić information content (AvgIpc) is 2.19. The minimum Gasteiger partial charge on any atom is -0.497 e. The number of benzene rings is 1. The van der Waals surface area contributed by atoms with Gasteiger partial charge in [-0.15, -0.1) is 0 Å². The number of hydrogen-bond donors (Lipinski definition) is 2. The Balaban J connectivity index is 2.89. The lowest BCUT2D eigenvalue weighted by Crippen LogP contribution is -2.31. The van der Waals surface area contributed by atoms with Crippen LogP contribution in [0, 0.1) is 0 Å². The third-order valence-corrected chi connectivity index (χ3v) is 2.02. The van der Waals surface area contributed by atoms with E-state index in [-0.39, 0.29) is 0 Å². The second kappa shape index (κ2) is 4.62. The second-order valence-corrected chi connectivity index (χ2v) is 2.90. The second-order valence-electron chi connectivity index (χ2n) is 2.90. The van der Waals surface area contributed by atoms with Crippen molar-refractivity contribution in [1.29, 1.82) is 0 Å². The summed E-state index contributed by atoms with van der Waals surface area (Å²) in [5.74, 6) is 0.366. The molecule has 0 aliphatic rings. The summed E-state index contributed by atoms with van der Waals surface area (Å²) in [6.07, 6.45) is 0. The highest BCUT2D eigenvalue weighted by molar-refractivity contribution is 5.81. The predicted molar refractivity (Wildman–Crippen MR) is 54.0 cm³/mol. The molecule has 1 amide bonds. The molecule has 1 aromatic carbocycles. The van der Waals surface area contributed by atoms with Crippen LogP contribution in [-0.2, 0) is 4.79 Å². The minimum absolute atomic E-state index is 0.391. The van der Waals surface area contributed by atoms with Crippen molar-refractivity contribution >= 4 is 5.91 Å². The fourth-order valence-corrected chi connectivity index (χ4v) is 1.27. The summed E-state index contributed by atoms with van der Waals surface area (Å²) in [4.78, 5) is 11.0. The number of amides is 1. The van der Waals surface area contributed by atoms with Gasteiger partial charge < -0.3 is 15.8 Å². The van der Waals surface area contributed by atoms with Crippen LogP contribution in [0.15, 0.2) is 24.3 Å². The Hall–Kier alpha value is -1.55. The molecule has 0 aliphatic heterocycles. The van der Waals surface area contributed by atoms with Gasteiger partial charge in [0.05, 0.1) is 7.11 Å². The summed E-state index contributed by atoms with van der Waals surface area (Å²) in [7, 11) is 3.29. The van der Waals surface area contributed by atoms with Crippen LogP contribution in [0.25, 0.3) is 0 Å². The Labute approximate surface area is 83.1 Å². The smallest absolute Gasteiger partial charge is 0.239 e. The van der Waals surface area contributed by atoms with Gasteiger partial charge >= 0.3 is 0 Å². The third kappa shape index (κ3) is 2.23. The van der Waals surface area contributed by atoms with Gasteiger partial charge in [-0.05, 0) is 24.7 Å². The van der Waals surface area contributed by atoms with Crippen LogP contribution in [0.3, 0.4) is 0 Å². The molecular weight excluding hydrogens is 180 g/mol. The molecule has 0 saturated heterocycles. The van der Waals surface area contributed by atoms with Crippen LogP contribution < -0.4 is 15.8 Å². The van der Waals surface area contributed by atoms with Crippen LogP contribution in [0.4, 0.5) is 0 Å². The Kier molecular flexibility index (Phi) is 3.48. The van der Waals surface area contributed by atoms with Crippen LogP contribution in [0.2, 0.25) is 0 Å². The standard InChI is InChI=1S/C10H14N2O2/c1-12-9(10(11)13)7-3-5-8(14-2)6-4-7/h3-6,9,12H,1-2H3,(H2,11,13). The molecule has 1 unspecified atom stereocenters. The van der Waals surface area contributed by atoms with Crippen LogP contribution in [-0.4, -0.2) is 20.1 Å². The van der Waals surface area contributed by atoms with Gasteiger partial charge in [0.2, 0.25) is 5.91 Å². The van der Waals surface area contributed by atoms with Gasteiger partial charge in [-0.25, -0.2) is 0 Å². The largest absolute Gasteiger partial charge is 0.497 e. The Bertz CT molecular complexity index is 308. The highest BCUT2D eigenvalue weighted by atomic mass is 16.5. The summed E-state index contributed by atoms with van der Waals surface area (Å²) >= 11 is 0. The fourth-order valence-electron chi connectivity index (χ4n) is 1.27. The minimum atomic E-state index is -0.444. The summed E-state index contributed by atoms with van der Waals surface area (Å²) in [6, 6.07) is 6.77. The zero-order chi connectivity index (χ0) is 10.6. The molecule has 1 rings (SSSR count). The molecule has 0 heterocycles. The summed E-state index contributed by atoms with van der Waals surface area (Å²) in [5.41, 5.74) is 6.05. The normalized spacial score (nSPS) is 12.1. The number of carbonyl (C=O) groups excluding carboxylic acids is 1. The maximum Gasteiger partial charge on any atom is 0.239 e. The molecule has 14 heavy (non-hydrogen) atoms. The summed E-state index contributed by atoms with van der Waals surface area (Å²) in [5, 5.41) is 2.84.